The molecule has 1 heterocycles. The van der Waals surface area contributed by atoms with E-state index in [1.54, 1.807) is 6.07 Å². The summed E-state index contributed by atoms with van der Waals surface area (Å²) in [4.78, 5) is 29.7. The third-order valence-electron chi connectivity index (χ3n) is 3.25. The van der Waals surface area contributed by atoms with Crippen molar-refractivity contribution in [3.05, 3.63) is 45.7 Å². The number of carbonyl (C=O) groups excluding carboxylic acids is 1. The number of hydrogen-bond acceptors (Lipinski definition) is 6. The molecule has 0 saturated heterocycles. The number of nitrogens with zero attached hydrogens (tertiary/aromatic N) is 2. The summed E-state index contributed by atoms with van der Waals surface area (Å²) in [5, 5.41) is 13.8. The smallest absolute Gasteiger partial charge is 0.369 e. The number of nitrogen functional groups attached to an aromatic ring is 1. The number of benzene rings is 1. The average molecular weight is 366 g/mol. The molecule has 0 fully saturated rings. The summed E-state index contributed by atoms with van der Waals surface area (Å²) in [7, 11) is 0. The van der Waals surface area contributed by atoms with Gasteiger partial charge in [-0.1, -0.05) is 6.07 Å². The van der Waals surface area contributed by atoms with Crippen molar-refractivity contribution in [1.29, 1.82) is 5.26 Å². The van der Waals surface area contributed by atoms with E-state index in [1.165, 1.54) is 13.0 Å². The zero-order valence-corrected chi connectivity index (χ0v) is 13.3. The molecule has 2 rings (SSSR count). The van der Waals surface area contributed by atoms with Crippen LogP contribution in [-0.4, -0.2) is 21.9 Å². The third kappa shape index (κ3) is 4.29. The molecule has 0 aliphatic carbocycles. The molecule has 5 N–H and O–H groups in total. The summed E-state index contributed by atoms with van der Waals surface area (Å²) in [5.41, 5.74) is 3.26. The van der Waals surface area contributed by atoms with E-state index in [1.807, 2.05) is 0 Å². The van der Waals surface area contributed by atoms with Crippen LogP contribution in [0.2, 0.25) is 0 Å². The first-order valence-corrected chi connectivity index (χ1v) is 7.16. The summed E-state index contributed by atoms with van der Waals surface area (Å²) in [6.45, 7) is 1.38. The molecule has 136 valence electrons. The van der Waals surface area contributed by atoms with Gasteiger partial charge in [-0.25, -0.2) is 0 Å². The molecule has 1 aromatic heterocycles. The van der Waals surface area contributed by atoms with Crippen LogP contribution in [0.1, 0.15) is 18.1 Å². The molecule has 0 aliphatic rings. The highest BCUT2D eigenvalue weighted by molar-refractivity contribution is 5.96. The lowest BCUT2D eigenvalue weighted by atomic mass is 10.2. The number of nitrogens with one attached hydrogen (secondary N) is 3. The number of nitriles is 1. The molecule has 0 aliphatic heterocycles. The van der Waals surface area contributed by atoms with Gasteiger partial charge in [-0.15, -0.1) is 0 Å². The van der Waals surface area contributed by atoms with E-state index in [0.29, 0.717) is 0 Å². The summed E-state index contributed by atoms with van der Waals surface area (Å²) >= 11 is 0. The summed E-state index contributed by atoms with van der Waals surface area (Å²) < 4.78 is 38.1. The van der Waals surface area contributed by atoms with Gasteiger partial charge in [-0.3, -0.25) is 14.6 Å². The molecular weight excluding hydrogens is 353 g/mol. The molecule has 1 amide bonds. The molecule has 2 aromatic rings. The maximum Gasteiger partial charge on any atom is 0.416 e. The Morgan fingerprint density at radius 1 is 1.42 bits per heavy atom. The van der Waals surface area contributed by atoms with E-state index in [-0.39, 0.29) is 23.0 Å². The summed E-state index contributed by atoms with van der Waals surface area (Å²) in [6, 6.07) is 4.72. The number of amides is 1. The van der Waals surface area contributed by atoms with Crippen molar-refractivity contribution in [3.63, 3.8) is 0 Å². The van der Waals surface area contributed by atoms with Crippen LogP contribution in [0, 0.1) is 11.3 Å². The predicted molar refractivity (Wildman–Crippen MR) is 87.1 cm³/mol. The third-order valence-corrected chi connectivity index (χ3v) is 3.25. The number of H-pyrrole nitrogens is 1. The van der Waals surface area contributed by atoms with Crippen LogP contribution in [-0.2, 0) is 11.0 Å². The molecule has 0 saturated carbocycles. The number of anilines is 3. The van der Waals surface area contributed by atoms with E-state index >= 15 is 0 Å². The average Bonchev–Trinajstić information content (AvgIpc) is 2.54. The van der Waals surface area contributed by atoms with Crippen molar-refractivity contribution in [3.8, 4) is 6.07 Å². The first kappa shape index (κ1) is 18.8. The lowest BCUT2D eigenvalue weighted by Gasteiger charge is -2.16. The van der Waals surface area contributed by atoms with Gasteiger partial charge in [0.15, 0.2) is 11.4 Å². The van der Waals surface area contributed by atoms with E-state index in [2.05, 4.69) is 20.6 Å². The second kappa shape index (κ2) is 7.14. The lowest BCUT2D eigenvalue weighted by molar-refractivity contribution is -0.137. The zero-order valence-electron chi connectivity index (χ0n) is 13.3. The Morgan fingerprint density at radius 2 is 2.12 bits per heavy atom. The molecule has 1 atom stereocenters. The maximum absolute atomic E-state index is 12.7. The maximum atomic E-state index is 12.7. The van der Waals surface area contributed by atoms with E-state index in [4.69, 9.17) is 11.0 Å². The summed E-state index contributed by atoms with van der Waals surface area (Å²) in [6.07, 6.45) is -4.54. The highest BCUT2D eigenvalue weighted by Crippen LogP contribution is 2.30. The fourth-order valence-electron chi connectivity index (χ4n) is 1.99. The van der Waals surface area contributed by atoms with Gasteiger partial charge in [0.1, 0.15) is 12.1 Å². The number of rotatable bonds is 4. The fraction of sp³-hybridized carbons (Fsp3) is 0.200. The number of halogens is 3. The molecule has 8 nitrogen and oxygen atoms in total. The van der Waals surface area contributed by atoms with Crippen LogP contribution in [0.5, 0.6) is 0 Å². The Labute approximate surface area is 144 Å². The number of aromatic amines is 1. The van der Waals surface area contributed by atoms with Crippen molar-refractivity contribution in [2.75, 3.05) is 16.4 Å². The van der Waals surface area contributed by atoms with E-state index in [0.717, 1.165) is 18.2 Å². The molecule has 0 bridgehead atoms. The molecule has 0 unspecified atom stereocenters. The number of nitrogens with two attached hydrogens (primary N) is 1. The molecule has 1 aromatic carbocycles. The van der Waals surface area contributed by atoms with Crippen LogP contribution >= 0.6 is 0 Å². The Balaban J connectivity index is 2.17. The van der Waals surface area contributed by atoms with Crippen LogP contribution in [0.15, 0.2) is 29.1 Å². The standard InChI is InChI=1S/C15H13F3N6O2/c1-7(21-11-10(6-19)13(26)24-14(20)23-11)12(25)22-9-4-2-3-8(5-9)15(16,17)18/h2-5,7H,1H3,(H,22,25)(H4,20,21,23,24,26)/t7-/m0/s1. The number of hydrogen-bond donors (Lipinski definition) is 4. The molecular formula is C15H13F3N6O2. The van der Waals surface area contributed by atoms with Gasteiger partial charge in [-0.2, -0.15) is 23.4 Å². The molecule has 0 radical (unpaired) electrons. The van der Waals surface area contributed by atoms with E-state index in [9.17, 15) is 22.8 Å². The Kier molecular flexibility index (Phi) is 5.16. The van der Waals surface area contributed by atoms with Gasteiger partial charge in [0.25, 0.3) is 5.56 Å². The minimum absolute atomic E-state index is 0.0580. The Bertz CT molecular complexity index is 932. The Morgan fingerprint density at radius 3 is 2.73 bits per heavy atom. The lowest BCUT2D eigenvalue weighted by Crippen LogP contribution is -2.33. The highest BCUT2D eigenvalue weighted by atomic mass is 19.4. The van der Waals surface area contributed by atoms with Crippen LogP contribution in [0.3, 0.4) is 0 Å². The topological polar surface area (TPSA) is 137 Å². The first-order valence-electron chi connectivity index (χ1n) is 7.16. The van der Waals surface area contributed by atoms with Crippen molar-refractivity contribution in [2.45, 2.75) is 19.1 Å². The van der Waals surface area contributed by atoms with Gasteiger partial charge in [0, 0.05) is 5.69 Å². The second-order valence-electron chi connectivity index (χ2n) is 5.22. The number of aromatic nitrogens is 2. The van der Waals surface area contributed by atoms with Gasteiger partial charge >= 0.3 is 6.18 Å². The van der Waals surface area contributed by atoms with Crippen LogP contribution in [0.25, 0.3) is 0 Å². The SMILES string of the molecule is C[C@H](Nc1nc(N)[nH]c(=O)c1C#N)C(=O)Nc1cccc(C(F)(F)F)c1. The van der Waals surface area contributed by atoms with Gasteiger partial charge in [0.05, 0.1) is 5.56 Å². The van der Waals surface area contributed by atoms with Crippen molar-refractivity contribution in [1.82, 2.24) is 9.97 Å². The molecule has 0 spiro atoms. The number of carbonyl (C=O) groups is 1. The minimum atomic E-state index is -4.54. The normalized spacial score (nSPS) is 12.1. The van der Waals surface area contributed by atoms with Crippen LogP contribution in [0.4, 0.5) is 30.6 Å². The van der Waals surface area contributed by atoms with Gasteiger partial charge in [0.2, 0.25) is 11.9 Å². The minimum Gasteiger partial charge on any atom is -0.369 e. The first-order chi connectivity index (χ1) is 12.1. The van der Waals surface area contributed by atoms with Crippen molar-refractivity contribution >= 4 is 23.4 Å². The highest BCUT2D eigenvalue weighted by Gasteiger charge is 2.30. The molecule has 26 heavy (non-hydrogen) atoms. The summed E-state index contributed by atoms with van der Waals surface area (Å²) in [5.74, 6) is -1.17. The second-order valence-corrected chi connectivity index (χ2v) is 5.22. The largest absolute Gasteiger partial charge is 0.416 e. The quantitative estimate of drug-likeness (QED) is 0.650. The van der Waals surface area contributed by atoms with Crippen molar-refractivity contribution < 1.29 is 18.0 Å². The van der Waals surface area contributed by atoms with Crippen LogP contribution < -0.4 is 21.9 Å². The van der Waals surface area contributed by atoms with Gasteiger partial charge in [-0.05, 0) is 25.1 Å². The number of alkyl halides is 3. The zero-order chi connectivity index (χ0) is 19.5. The van der Waals surface area contributed by atoms with Gasteiger partial charge < -0.3 is 16.4 Å². The Hall–Kier alpha value is -3.55. The van der Waals surface area contributed by atoms with Crippen molar-refractivity contribution in [2.24, 2.45) is 0 Å². The predicted octanol–water partition coefficient (Wildman–Crippen LogP) is 1.68. The van der Waals surface area contributed by atoms with E-state index < -0.39 is 29.2 Å². The molecule has 11 heteroatoms. The fourth-order valence-corrected chi connectivity index (χ4v) is 1.99. The monoisotopic (exact) mass is 366 g/mol.